The first kappa shape index (κ1) is 15.7. The molecule has 2 aromatic carbocycles. The molecule has 1 heterocycles. The van der Waals surface area contributed by atoms with E-state index in [0.29, 0.717) is 17.2 Å². The second kappa shape index (κ2) is 6.95. The number of aryl methyl sites for hydroxylation is 1. The van der Waals surface area contributed by atoms with Gasteiger partial charge in [-0.15, -0.1) is 0 Å². The van der Waals surface area contributed by atoms with Crippen molar-refractivity contribution in [2.75, 3.05) is 18.2 Å². The highest BCUT2D eigenvalue weighted by Crippen LogP contribution is 2.30. The molecule has 0 aliphatic rings. The van der Waals surface area contributed by atoms with E-state index in [9.17, 15) is 0 Å². The van der Waals surface area contributed by atoms with E-state index in [4.69, 9.17) is 10.6 Å². The summed E-state index contributed by atoms with van der Waals surface area (Å²) < 4.78 is 0. The molecule has 24 heavy (non-hydrogen) atoms. The molecule has 0 saturated heterocycles. The van der Waals surface area contributed by atoms with Crippen LogP contribution in [0.2, 0.25) is 0 Å². The van der Waals surface area contributed by atoms with E-state index in [-0.39, 0.29) is 0 Å². The zero-order valence-corrected chi connectivity index (χ0v) is 13.7. The van der Waals surface area contributed by atoms with Crippen molar-refractivity contribution < 1.29 is 4.84 Å². The van der Waals surface area contributed by atoms with E-state index in [1.165, 1.54) is 30.6 Å². The van der Waals surface area contributed by atoms with Crippen molar-refractivity contribution in [3.05, 3.63) is 53.9 Å². The molecule has 0 aliphatic heterocycles. The molecule has 3 aromatic rings. The lowest BCUT2D eigenvalue weighted by Gasteiger charge is -2.13. The van der Waals surface area contributed by atoms with Gasteiger partial charge in [0.2, 0.25) is 0 Å². The fourth-order valence-electron chi connectivity index (χ4n) is 2.65. The van der Waals surface area contributed by atoms with E-state index >= 15 is 0 Å². The zero-order valence-electron chi connectivity index (χ0n) is 13.7. The van der Waals surface area contributed by atoms with Crippen LogP contribution in [0.15, 0.2) is 47.9 Å². The van der Waals surface area contributed by atoms with Gasteiger partial charge in [-0.3, -0.25) is 0 Å². The first-order valence-electron chi connectivity index (χ1n) is 7.69. The Morgan fingerprint density at radius 3 is 2.71 bits per heavy atom. The fraction of sp³-hybridized carbons (Fsp3) is 0.167. The van der Waals surface area contributed by atoms with Gasteiger partial charge in [0.05, 0.1) is 11.8 Å². The minimum atomic E-state index is 0.336. The highest BCUT2D eigenvalue weighted by atomic mass is 16.6. The summed E-state index contributed by atoms with van der Waals surface area (Å²) in [4.78, 5) is 13.0. The van der Waals surface area contributed by atoms with Crippen LogP contribution >= 0.6 is 0 Å². The Hall–Kier alpha value is -3.15. The average molecular weight is 321 g/mol. The third-order valence-electron chi connectivity index (χ3n) is 3.85. The minimum absolute atomic E-state index is 0.336. The number of fused-ring (bicyclic) bond motifs is 1. The van der Waals surface area contributed by atoms with Gasteiger partial charge in [-0.1, -0.05) is 42.4 Å². The van der Waals surface area contributed by atoms with Gasteiger partial charge in [0.25, 0.3) is 0 Å². The Morgan fingerprint density at radius 1 is 1.17 bits per heavy atom. The number of rotatable bonds is 5. The summed E-state index contributed by atoms with van der Waals surface area (Å²) in [6, 6.07) is 12.5. The summed E-state index contributed by atoms with van der Waals surface area (Å²) in [5.41, 5.74) is 8.78. The molecular weight excluding hydrogens is 302 g/mol. The van der Waals surface area contributed by atoms with Crippen LogP contribution in [-0.2, 0) is 11.3 Å². The molecule has 0 atom stereocenters. The van der Waals surface area contributed by atoms with Crippen LogP contribution in [0.3, 0.4) is 0 Å². The Kier molecular flexibility index (Phi) is 4.56. The van der Waals surface area contributed by atoms with Crippen molar-refractivity contribution in [2.24, 2.45) is 5.16 Å². The molecule has 0 bridgehead atoms. The molecule has 3 rings (SSSR count). The molecule has 6 heteroatoms. The molecule has 0 aliphatic carbocycles. The van der Waals surface area contributed by atoms with Crippen molar-refractivity contribution >= 4 is 34.3 Å². The molecule has 0 amide bonds. The lowest BCUT2D eigenvalue weighted by molar-refractivity contribution is 0.215. The number of anilines is 3. The molecule has 1 aromatic heterocycles. The van der Waals surface area contributed by atoms with Gasteiger partial charge in [-0.2, -0.15) is 0 Å². The third-order valence-corrected chi connectivity index (χ3v) is 3.85. The van der Waals surface area contributed by atoms with Crippen LogP contribution in [0.25, 0.3) is 10.8 Å². The number of nitrogen functional groups attached to an aromatic ring is 1. The van der Waals surface area contributed by atoms with E-state index in [1.54, 1.807) is 0 Å². The average Bonchev–Trinajstić information content (AvgIpc) is 2.61. The van der Waals surface area contributed by atoms with Crippen molar-refractivity contribution in [1.82, 2.24) is 9.97 Å². The van der Waals surface area contributed by atoms with Crippen LogP contribution in [0.4, 0.5) is 17.3 Å². The second-order valence-electron chi connectivity index (χ2n) is 5.23. The topological polar surface area (TPSA) is 85.4 Å². The molecule has 0 unspecified atom stereocenters. The van der Waals surface area contributed by atoms with Gasteiger partial charge in [-0.05, 0) is 23.4 Å². The predicted molar refractivity (Wildman–Crippen MR) is 97.7 cm³/mol. The Labute approximate surface area is 140 Å². The summed E-state index contributed by atoms with van der Waals surface area (Å²) in [7, 11) is 1.47. The second-order valence-corrected chi connectivity index (χ2v) is 5.23. The minimum Gasteiger partial charge on any atom is -0.399 e. The fourth-order valence-corrected chi connectivity index (χ4v) is 2.65. The van der Waals surface area contributed by atoms with Gasteiger partial charge in [0, 0.05) is 11.1 Å². The first-order valence-corrected chi connectivity index (χ1v) is 7.69. The van der Waals surface area contributed by atoms with Gasteiger partial charge in [0.1, 0.15) is 25.1 Å². The smallest absolute Gasteiger partial charge is 0.144 e. The normalized spacial score (nSPS) is 11.1. The number of nitrogens with two attached hydrogens (primary N) is 1. The van der Waals surface area contributed by atoms with Gasteiger partial charge in [-0.25, -0.2) is 9.97 Å². The lowest BCUT2D eigenvalue weighted by Crippen LogP contribution is -2.05. The van der Waals surface area contributed by atoms with E-state index in [0.717, 1.165) is 17.5 Å². The van der Waals surface area contributed by atoms with Crippen molar-refractivity contribution in [2.45, 2.75) is 13.3 Å². The molecule has 0 saturated carbocycles. The van der Waals surface area contributed by atoms with E-state index in [1.807, 2.05) is 12.1 Å². The third kappa shape index (κ3) is 2.99. The standard InChI is InChI=1S/C18H19N5O/c1-3-12-8-9-16(14-7-5-4-6-13(12)14)23-18-15(10-22-24-2)17(19)20-11-21-18/h4-11H,3H2,1-2H3,(H3,19,20,21,23)/b22-10+. The number of nitrogens with zero attached hydrogens (tertiary/aromatic N) is 3. The largest absolute Gasteiger partial charge is 0.399 e. The zero-order chi connectivity index (χ0) is 16.9. The van der Waals surface area contributed by atoms with Gasteiger partial charge >= 0.3 is 0 Å². The molecule has 6 nitrogen and oxygen atoms in total. The lowest BCUT2D eigenvalue weighted by atomic mass is 10.0. The van der Waals surface area contributed by atoms with Crippen molar-refractivity contribution in [3.63, 3.8) is 0 Å². The predicted octanol–water partition coefficient (Wildman–Crippen LogP) is 3.50. The molecular formula is C18H19N5O. The SMILES string of the molecule is CCc1ccc(Nc2ncnc(N)c2/C=N/OC)c2ccccc12. The summed E-state index contributed by atoms with van der Waals surface area (Å²) >= 11 is 0. The monoisotopic (exact) mass is 321 g/mol. The number of aromatic nitrogens is 2. The van der Waals surface area contributed by atoms with Gasteiger partial charge < -0.3 is 15.9 Å². The van der Waals surface area contributed by atoms with Crippen LogP contribution in [0.1, 0.15) is 18.1 Å². The van der Waals surface area contributed by atoms with E-state index in [2.05, 4.69) is 51.6 Å². The highest BCUT2D eigenvalue weighted by Gasteiger charge is 2.10. The van der Waals surface area contributed by atoms with Gasteiger partial charge in [0.15, 0.2) is 0 Å². The summed E-state index contributed by atoms with van der Waals surface area (Å²) in [5, 5.41) is 9.46. The van der Waals surface area contributed by atoms with Crippen LogP contribution in [-0.4, -0.2) is 23.3 Å². The van der Waals surface area contributed by atoms with Crippen LogP contribution in [0, 0.1) is 0 Å². The molecule has 0 fully saturated rings. The quantitative estimate of drug-likeness (QED) is 0.555. The Balaban J connectivity index is 2.09. The number of nitrogens with one attached hydrogen (secondary N) is 1. The summed E-state index contributed by atoms with van der Waals surface area (Å²) in [5.74, 6) is 0.917. The maximum absolute atomic E-state index is 5.94. The number of hydrogen-bond acceptors (Lipinski definition) is 6. The van der Waals surface area contributed by atoms with Crippen LogP contribution in [0.5, 0.6) is 0 Å². The Morgan fingerprint density at radius 2 is 1.96 bits per heavy atom. The molecule has 122 valence electrons. The molecule has 0 spiro atoms. The summed E-state index contributed by atoms with van der Waals surface area (Å²) in [6.07, 6.45) is 3.90. The highest BCUT2D eigenvalue weighted by molar-refractivity contribution is 5.99. The summed E-state index contributed by atoms with van der Waals surface area (Å²) in [6.45, 7) is 2.15. The number of benzene rings is 2. The van der Waals surface area contributed by atoms with Crippen molar-refractivity contribution in [3.8, 4) is 0 Å². The molecule has 0 radical (unpaired) electrons. The number of oxime groups is 1. The first-order chi connectivity index (χ1) is 11.7. The maximum atomic E-state index is 5.94. The Bertz CT molecular complexity index is 892. The number of hydrogen-bond donors (Lipinski definition) is 2. The van der Waals surface area contributed by atoms with Crippen molar-refractivity contribution in [1.29, 1.82) is 0 Å². The van der Waals surface area contributed by atoms with E-state index < -0.39 is 0 Å². The van der Waals surface area contributed by atoms with Crippen LogP contribution < -0.4 is 11.1 Å². The molecule has 3 N–H and O–H groups in total. The maximum Gasteiger partial charge on any atom is 0.144 e.